The van der Waals surface area contributed by atoms with Crippen LogP contribution in [0, 0.1) is 5.41 Å². The Morgan fingerprint density at radius 2 is 2.60 bits per heavy atom. The van der Waals surface area contributed by atoms with E-state index >= 15 is 0 Å². The van der Waals surface area contributed by atoms with Crippen molar-refractivity contribution in [1.29, 1.82) is 0 Å². The lowest BCUT2D eigenvalue weighted by atomic mass is 9.92. The van der Waals surface area contributed by atoms with E-state index in [-0.39, 0.29) is 12.0 Å². The van der Waals surface area contributed by atoms with E-state index < -0.39 is 6.09 Å². The van der Waals surface area contributed by atoms with Gasteiger partial charge in [-0.2, -0.15) is 0 Å². The summed E-state index contributed by atoms with van der Waals surface area (Å²) in [5.74, 6) is 0. The van der Waals surface area contributed by atoms with E-state index in [2.05, 4.69) is 10.1 Å². The largest absolute Gasteiger partial charge is 0.449 e. The third kappa shape index (κ3) is 1.39. The summed E-state index contributed by atoms with van der Waals surface area (Å²) in [7, 11) is 0. The van der Waals surface area contributed by atoms with Crippen LogP contribution in [-0.2, 0) is 4.74 Å². The molecule has 10 heavy (non-hydrogen) atoms. The Balaban J connectivity index is 2.46. The van der Waals surface area contributed by atoms with E-state index in [1.54, 1.807) is 0 Å². The Morgan fingerprint density at radius 1 is 1.90 bits per heavy atom. The van der Waals surface area contributed by atoms with Crippen molar-refractivity contribution < 1.29 is 14.6 Å². The Morgan fingerprint density at radius 3 is 3.00 bits per heavy atom. The Labute approximate surface area is 59.2 Å². The molecule has 1 aliphatic heterocycles. The summed E-state index contributed by atoms with van der Waals surface area (Å²) in [6.45, 7) is 2.68. The zero-order chi connectivity index (χ0) is 7.61. The fourth-order valence-electron chi connectivity index (χ4n) is 0.729. The SMILES string of the molecule is C[C@]1(CO)CNC(=O)OC1. The summed E-state index contributed by atoms with van der Waals surface area (Å²) in [5, 5.41) is 11.3. The first-order chi connectivity index (χ1) is 4.66. The standard InChI is InChI=1S/C6H11NO3/c1-6(3-8)2-7-5(9)10-4-6/h8H,2-4H2,1H3,(H,7,9)/t6-/m1/s1. The smallest absolute Gasteiger partial charge is 0.407 e. The molecule has 1 amide bonds. The van der Waals surface area contributed by atoms with E-state index in [0.717, 1.165) is 0 Å². The molecule has 0 saturated carbocycles. The number of aliphatic hydroxyl groups is 1. The second kappa shape index (κ2) is 2.46. The molecular weight excluding hydrogens is 134 g/mol. The van der Waals surface area contributed by atoms with Gasteiger partial charge < -0.3 is 15.2 Å². The maximum Gasteiger partial charge on any atom is 0.407 e. The highest BCUT2D eigenvalue weighted by Gasteiger charge is 2.30. The van der Waals surface area contributed by atoms with Crippen LogP contribution in [0.3, 0.4) is 0 Å². The number of alkyl carbamates (subject to hydrolysis) is 1. The van der Waals surface area contributed by atoms with E-state index in [9.17, 15) is 4.79 Å². The van der Waals surface area contributed by atoms with Crippen LogP contribution >= 0.6 is 0 Å². The second-order valence-electron chi connectivity index (χ2n) is 2.90. The number of rotatable bonds is 1. The predicted octanol–water partition coefficient (Wildman–Crippen LogP) is -0.275. The topological polar surface area (TPSA) is 58.6 Å². The minimum Gasteiger partial charge on any atom is -0.449 e. The number of amides is 1. The van der Waals surface area contributed by atoms with Crippen molar-refractivity contribution in [3.05, 3.63) is 0 Å². The zero-order valence-electron chi connectivity index (χ0n) is 5.89. The highest BCUT2D eigenvalue weighted by molar-refractivity contribution is 5.67. The molecule has 0 aliphatic carbocycles. The number of aliphatic hydroxyl groups excluding tert-OH is 1. The minimum atomic E-state index is -0.397. The van der Waals surface area contributed by atoms with Gasteiger partial charge in [-0.25, -0.2) is 4.79 Å². The number of hydrogen-bond acceptors (Lipinski definition) is 3. The van der Waals surface area contributed by atoms with Crippen LogP contribution in [0.2, 0.25) is 0 Å². The van der Waals surface area contributed by atoms with Gasteiger partial charge in [0.15, 0.2) is 0 Å². The van der Waals surface area contributed by atoms with Crippen LogP contribution in [0.1, 0.15) is 6.92 Å². The molecule has 4 heteroatoms. The molecule has 1 aliphatic rings. The van der Waals surface area contributed by atoms with E-state index in [4.69, 9.17) is 5.11 Å². The molecule has 0 unspecified atom stereocenters. The van der Waals surface area contributed by atoms with E-state index in [1.165, 1.54) is 0 Å². The number of cyclic esters (lactones) is 1. The first-order valence-electron chi connectivity index (χ1n) is 3.18. The van der Waals surface area contributed by atoms with Gasteiger partial charge in [0.05, 0.1) is 6.61 Å². The summed E-state index contributed by atoms with van der Waals surface area (Å²) in [6, 6.07) is 0. The van der Waals surface area contributed by atoms with Crippen molar-refractivity contribution in [2.75, 3.05) is 19.8 Å². The maximum absolute atomic E-state index is 10.5. The number of hydrogen-bond donors (Lipinski definition) is 2. The minimum absolute atomic E-state index is 0.0350. The number of carbonyl (C=O) groups is 1. The van der Waals surface area contributed by atoms with Crippen LogP contribution in [0.5, 0.6) is 0 Å². The highest BCUT2D eigenvalue weighted by Crippen LogP contribution is 2.17. The lowest BCUT2D eigenvalue weighted by Gasteiger charge is -2.30. The third-order valence-corrected chi connectivity index (χ3v) is 1.59. The Hall–Kier alpha value is -0.770. The average Bonchev–Trinajstić information content (AvgIpc) is 1.96. The molecule has 0 aromatic carbocycles. The van der Waals surface area contributed by atoms with Crippen molar-refractivity contribution >= 4 is 6.09 Å². The van der Waals surface area contributed by atoms with Gasteiger partial charge in [-0.3, -0.25) is 0 Å². The van der Waals surface area contributed by atoms with Crippen LogP contribution in [0.15, 0.2) is 0 Å². The molecule has 0 aromatic rings. The lowest BCUT2D eigenvalue weighted by Crippen LogP contribution is -2.47. The van der Waals surface area contributed by atoms with E-state index in [1.807, 2.05) is 6.92 Å². The van der Waals surface area contributed by atoms with Crippen LogP contribution in [0.25, 0.3) is 0 Å². The normalized spacial score (nSPS) is 32.8. The molecule has 4 nitrogen and oxygen atoms in total. The van der Waals surface area contributed by atoms with Crippen molar-refractivity contribution in [3.8, 4) is 0 Å². The molecule has 1 heterocycles. The van der Waals surface area contributed by atoms with Gasteiger partial charge in [0.25, 0.3) is 0 Å². The van der Waals surface area contributed by atoms with Crippen LogP contribution in [-0.4, -0.2) is 31.0 Å². The van der Waals surface area contributed by atoms with Crippen molar-refractivity contribution in [3.63, 3.8) is 0 Å². The molecule has 2 N–H and O–H groups in total. The summed E-state index contributed by atoms with van der Waals surface area (Å²) >= 11 is 0. The fraction of sp³-hybridized carbons (Fsp3) is 0.833. The summed E-state index contributed by atoms with van der Waals surface area (Å²) in [4.78, 5) is 10.5. The predicted molar refractivity (Wildman–Crippen MR) is 34.5 cm³/mol. The van der Waals surface area contributed by atoms with Gasteiger partial charge in [-0.1, -0.05) is 6.92 Å². The summed E-state index contributed by atoms with van der Waals surface area (Å²) < 4.78 is 4.67. The zero-order valence-corrected chi connectivity index (χ0v) is 5.89. The lowest BCUT2D eigenvalue weighted by molar-refractivity contribution is 0.0243. The first kappa shape index (κ1) is 7.34. The fourth-order valence-corrected chi connectivity index (χ4v) is 0.729. The Bertz CT molecular complexity index is 136. The second-order valence-corrected chi connectivity index (χ2v) is 2.90. The first-order valence-corrected chi connectivity index (χ1v) is 3.18. The summed E-state index contributed by atoms with van der Waals surface area (Å²) in [5.41, 5.74) is -0.298. The van der Waals surface area contributed by atoms with Crippen LogP contribution < -0.4 is 5.32 Å². The van der Waals surface area contributed by atoms with Gasteiger partial charge in [0.2, 0.25) is 0 Å². The number of nitrogens with one attached hydrogen (secondary N) is 1. The molecule has 0 spiro atoms. The van der Waals surface area contributed by atoms with Gasteiger partial charge >= 0.3 is 6.09 Å². The van der Waals surface area contributed by atoms with Gasteiger partial charge in [-0.15, -0.1) is 0 Å². The molecule has 1 fully saturated rings. The molecule has 0 bridgehead atoms. The quantitative estimate of drug-likeness (QED) is 0.533. The monoisotopic (exact) mass is 145 g/mol. The molecule has 0 aromatic heterocycles. The molecule has 1 saturated heterocycles. The maximum atomic E-state index is 10.5. The number of ether oxygens (including phenoxy) is 1. The van der Waals surface area contributed by atoms with Gasteiger partial charge in [0, 0.05) is 12.0 Å². The molecule has 0 radical (unpaired) electrons. The molecule has 58 valence electrons. The van der Waals surface area contributed by atoms with Crippen molar-refractivity contribution in [1.82, 2.24) is 5.32 Å². The van der Waals surface area contributed by atoms with Crippen molar-refractivity contribution in [2.24, 2.45) is 5.41 Å². The van der Waals surface area contributed by atoms with Gasteiger partial charge in [0.1, 0.15) is 6.61 Å². The average molecular weight is 145 g/mol. The van der Waals surface area contributed by atoms with Gasteiger partial charge in [-0.05, 0) is 0 Å². The highest BCUT2D eigenvalue weighted by atomic mass is 16.6. The van der Waals surface area contributed by atoms with Crippen LogP contribution in [0.4, 0.5) is 4.79 Å². The molecular formula is C6H11NO3. The molecule has 1 atom stereocenters. The molecule has 1 rings (SSSR count). The summed E-state index contributed by atoms with van der Waals surface area (Å²) in [6.07, 6.45) is -0.397. The van der Waals surface area contributed by atoms with Crippen molar-refractivity contribution in [2.45, 2.75) is 6.92 Å². The van der Waals surface area contributed by atoms with E-state index in [0.29, 0.717) is 13.2 Å². The Kier molecular flexibility index (Phi) is 1.80. The number of carbonyl (C=O) groups excluding carboxylic acids is 1. The third-order valence-electron chi connectivity index (χ3n) is 1.59.